The van der Waals surface area contributed by atoms with Crippen molar-refractivity contribution in [3.63, 3.8) is 0 Å². The van der Waals surface area contributed by atoms with Crippen molar-refractivity contribution in [3.05, 3.63) is 33.9 Å². The lowest BCUT2D eigenvalue weighted by atomic mass is 9.91. The zero-order valence-electron chi connectivity index (χ0n) is 18.8. The van der Waals surface area contributed by atoms with Gasteiger partial charge in [-0.1, -0.05) is 26.3 Å². The number of ether oxygens (including phenoxy) is 1. The third-order valence-electron chi connectivity index (χ3n) is 5.84. The highest BCUT2D eigenvalue weighted by atomic mass is 19.4. The van der Waals surface area contributed by atoms with Gasteiger partial charge in [0.2, 0.25) is 5.91 Å². The van der Waals surface area contributed by atoms with Gasteiger partial charge < -0.3 is 10.1 Å². The van der Waals surface area contributed by atoms with E-state index in [1.165, 1.54) is 7.11 Å². The van der Waals surface area contributed by atoms with Gasteiger partial charge in [0, 0.05) is 0 Å². The Bertz CT molecular complexity index is 763. The molecule has 5 nitrogen and oxygen atoms in total. The van der Waals surface area contributed by atoms with Crippen LogP contribution >= 0.6 is 0 Å². The minimum atomic E-state index is -4.47. The number of hydrogen-bond donors (Lipinski definition) is 2. The van der Waals surface area contributed by atoms with E-state index < -0.39 is 36.7 Å². The van der Waals surface area contributed by atoms with Crippen molar-refractivity contribution in [1.29, 1.82) is 0 Å². The summed E-state index contributed by atoms with van der Waals surface area (Å²) < 4.78 is 43.3. The van der Waals surface area contributed by atoms with Crippen molar-refractivity contribution in [2.45, 2.75) is 72.6 Å². The highest BCUT2D eigenvalue weighted by molar-refractivity contribution is 5.88. The quantitative estimate of drug-likeness (QED) is 0.587. The summed E-state index contributed by atoms with van der Waals surface area (Å²) in [6.07, 6.45) is -3.80. The molecule has 30 heavy (non-hydrogen) atoms. The molecule has 0 heterocycles. The number of amides is 1. The highest BCUT2D eigenvalue weighted by Gasteiger charge is 2.33. The van der Waals surface area contributed by atoms with Crippen molar-refractivity contribution in [1.82, 2.24) is 10.6 Å². The average Bonchev–Trinajstić information content (AvgIpc) is 2.69. The maximum atomic E-state index is 12.9. The number of methoxy groups -OCH3 is 1. The summed E-state index contributed by atoms with van der Waals surface area (Å²) in [5.41, 5.74) is 4.91. The summed E-state index contributed by atoms with van der Waals surface area (Å²) in [5.74, 6) is -1.51. The fourth-order valence-electron chi connectivity index (χ4n) is 3.27. The summed E-state index contributed by atoms with van der Waals surface area (Å²) in [6, 6.07) is -0.173. The zero-order chi connectivity index (χ0) is 23.2. The highest BCUT2D eigenvalue weighted by Crippen LogP contribution is 2.23. The Labute approximate surface area is 176 Å². The molecule has 0 aliphatic heterocycles. The molecule has 0 aliphatic rings. The van der Waals surface area contributed by atoms with Crippen molar-refractivity contribution >= 4 is 11.9 Å². The fraction of sp³-hybridized carbons (Fsp3) is 0.636. The number of esters is 1. The van der Waals surface area contributed by atoms with Crippen molar-refractivity contribution in [3.8, 4) is 0 Å². The van der Waals surface area contributed by atoms with E-state index in [4.69, 9.17) is 4.74 Å². The number of nitrogens with one attached hydrogen (secondary N) is 2. The van der Waals surface area contributed by atoms with Crippen LogP contribution in [-0.4, -0.2) is 43.8 Å². The molecule has 3 atom stereocenters. The van der Waals surface area contributed by atoms with Gasteiger partial charge in [0.05, 0.1) is 19.7 Å². The van der Waals surface area contributed by atoms with Crippen LogP contribution < -0.4 is 10.6 Å². The van der Waals surface area contributed by atoms with Gasteiger partial charge in [-0.2, -0.15) is 13.2 Å². The number of rotatable bonds is 9. The first-order valence-electron chi connectivity index (χ1n) is 10.1. The Hall–Kier alpha value is -2.09. The minimum Gasteiger partial charge on any atom is -0.467 e. The average molecular weight is 431 g/mol. The number of alkyl halides is 3. The number of hydrogen-bond acceptors (Lipinski definition) is 4. The maximum absolute atomic E-state index is 12.9. The van der Waals surface area contributed by atoms with Gasteiger partial charge in [-0.15, -0.1) is 0 Å². The third-order valence-corrected chi connectivity index (χ3v) is 5.84. The molecule has 170 valence electrons. The molecule has 0 radical (unpaired) electrons. The Morgan fingerprint density at radius 3 is 2.20 bits per heavy atom. The SMILES string of the molecule is CCC(C)C(NC(=O)C(Cc1cc(C)c(C)c(C)c1C)NCC(F)(F)F)C(=O)OC. The van der Waals surface area contributed by atoms with Crippen LogP contribution in [0.3, 0.4) is 0 Å². The molecule has 0 saturated carbocycles. The van der Waals surface area contributed by atoms with E-state index in [0.717, 1.165) is 27.8 Å². The molecule has 1 aromatic rings. The molecule has 0 saturated heterocycles. The first-order valence-corrected chi connectivity index (χ1v) is 10.1. The molecule has 2 N–H and O–H groups in total. The van der Waals surface area contributed by atoms with Crippen LogP contribution in [0.5, 0.6) is 0 Å². The Kier molecular flexibility index (Phi) is 9.34. The van der Waals surface area contributed by atoms with Crippen LogP contribution in [-0.2, 0) is 20.7 Å². The predicted octanol–water partition coefficient (Wildman–Crippen LogP) is 3.69. The smallest absolute Gasteiger partial charge is 0.401 e. The lowest BCUT2D eigenvalue weighted by Crippen LogP contribution is -2.54. The van der Waals surface area contributed by atoms with E-state index >= 15 is 0 Å². The predicted molar refractivity (Wildman–Crippen MR) is 110 cm³/mol. The molecule has 0 aromatic heterocycles. The largest absolute Gasteiger partial charge is 0.467 e. The van der Waals surface area contributed by atoms with Crippen molar-refractivity contribution in [2.75, 3.05) is 13.7 Å². The Balaban J connectivity index is 3.19. The van der Waals surface area contributed by atoms with Gasteiger partial charge in [0.1, 0.15) is 6.04 Å². The molecule has 0 bridgehead atoms. The molecule has 3 unspecified atom stereocenters. The van der Waals surface area contributed by atoms with Gasteiger partial charge in [-0.3, -0.25) is 10.1 Å². The van der Waals surface area contributed by atoms with Gasteiger partial charge in [-0.05, 0) is 67.9 Å². The zero-order valence-corrected chi connectivity index (χ0v) is 18.8. The molecule has 1 rings (SSSR count). The van der Waals surface area contributed by atoms with Crippen LogP contribution in [0.25, 0.3) is 0 Å². The van der Waals surface area contributed by atoms with Gasteiger partial charge in [0.25, 0.3) is 0 Å². The van der Waals surface area contributed by atoms with E-state index in [1.54, 1.807) is 6.92 Å². The van der Waals surface area contributed by atoms with Crippen LogP contribution in [0.4, 0.5) is 13.2 Å². The van der Waals surface area contributed by atoms with E-state index in [1.807, 2.05) is 40.7 Å². The molecule has 0 spiro atoms. The number of aryl methyl sites for hydroxylation is 1. The van der Waals surface area contributed by atoms with Crippen molar-refractivity contribution in [2.24, 2.45) is 5.92 Å². The van der Waals surface area contributed by atoms with E-state index in [9.17, 15) is 22.8 Å². The van der Waals surface area contributed by atoms with E-state index in [0.29, 0.717) is 6.42 Å². The van der Waals surface area contributed by atoms with Crippen LogP contribution in [0.2, 0.25) is 0 Å². The van der Waals surface area contributed by atoms with Crippen LogP contribution in [0.15, 0.2) is 6.07 Å². The molecule has 1 amide bonds. The number of benzene rings is 1. The molecule has 0 aliphatic carbocycles. The monoisotopic (exact) mass is 430 g/mol. The number of carbonyl (C=O) groups is 2. The molecule has 0 fully saturated rings. The summed E-state index contributed by atoms with van der Waals surface area (Å²) >= 11 is 0. The summed E-state index contributed by atoms with van der Waals surface area (Å²) in [5, 5.41) is 4.91. The van der Waals surface area contributed by atoms with Gasteiger partial charge >= 0.3 is 12.1 Å². The van der Waals surface area contributed by atoms with Crippen LogP contribution in [0.1, 0.15) is 48.1 Å². The van der Waals surface area contributed by atoms with Crippen LogP contribution in [0, 0.1) is 33.6 Å². The normalized spacial score (nSPS) is 14.7. The van der Waals surface area contributed by atoms with Gasteiger partial charge in [0.15, 0.2) is 0 Å². The van der Waals surface area contributed by atoms with E-state index in [2.05, 4.69) is 10.6 Å². The molecular formula is C22H33F3N2O3. The maximum Gasteiger partial charge on any atom is 0.401 e. The fourth-order valence-corrected chi connectivity index (χ4v) is 3.27. The second-order valence-corrected chi connectivity index (χ2v) is 7.88. The molecule has 1 aromatic carbocycles. The summed E-state index contributed by atoms with van der Waals surface area (Å²) in [6.45, 7) is 10.1. The second-order valence-electron chi connectivity index (χ2n) is 7.88. The first-order chi connectivity index (χ1) is 13.8. The summed E-state index contributed by atoms with van der Waals surface area (Å²) in [7, 11) is 1.21. The van der Waals surface area contributed by atoms with Crippen molar-refractivity contribution < 1.29 is 27.5 Å². The third kappa shape index (κ3) is 7.00. The molecular weight excluding hydrogens is 397 g/mol. The first kappa shape index (κ1) is 25.9. The minimum absolute atomic E-state index is 0.0735. The second kappa shape index (κ2) is 10.8. The van der Waals surface area contributed by atoms with E-state index in [-0.39, 0.29) is 12.3 Å². The summed E-state index contributed by atoms with van der Waals surface area (Å²) in [4.78, 5) is 25.0. The number of halogens is 3. The lowest BCUT2D eigenvalue weighted by Gasteiger charge is -2.26. The Morgan fingerprint density at radius 2 is 1.70 bits per heavy atom. The topological polar surface area (TPSA) is 67.4 Å². The standard InChI is InChI=1S/C22H33F3N2O3/c1-8-12(2)19(21(29)30-7)27-20(28)18(26-11-22(23,24)25)10-17-9-13(3)14(4)15(5)16(17)6/h9,12,18-19,26H,8,10-11H2,1-7H3,(H,27,28). The lowest BCUT2D eigenvalue weighted by molar-refractivity contribution is -0.147. The number of carbonyl (C=O) groups excluding carboxylic acids is 2. The van der Waals surface area contributed by atoms with Gasteiger partial charge in [-0.25, -0.2) is 4.79 Å². The Morgan fingerprint density at radius 1 is 1.10 bits per heavy atom. The molecule has 8 heteroatoms.